The summed E-state index contributed by atoms with van der Waals surface area (Å²) in [6.45, 7) is -0.173. The number of anilines is 2. The molecule has 0 fully saturated rings. The third-order valence-corrected chi connectivity index (χ3v) is 5.57. The van der Waals surface area contributed by atoms with Gasteiger partial charge < -0.3 is 10.6 Å². The SMILES string of the molecule is O=C(NCc1ccccc1F)c1cc([N+](=O)[O-])cc2c(=O)[nH]c(Nc3ccc(Cl)c(Cl)c3)nc12. The van der Waals surface area contributed by atoms with Crippen LogP contribution in [-0.2, 0) is 6.54 Å². The number of rotatable bonds is 6. The Hall–Kier alpha value is -4.02. The van der Waals surface area contributed by atoms with Gasteiger partial charge in [0.05, 0.1) is 31.4 Å². The number of nitro groups is 1. The highest BCUT2D eigenvalue weighted by Gasteiger charge is 2.21. The molecule has 0 aliphatic carbocycles. The number of nitrogens with zero attached hydrogens (tertiary/aromatic N) is 2. The number of aromatic amines is 1. The van der Waals surface area contributed by atoms with Crippen molar-refractivity contribution in [3.05, 3.63) is 102 Å². The van der Waals surface area contributed by atoms with Crippen LogP contribution in [0.15, 0.2) is 59.4 Å². The van der Waals surface area contributed by atoms with Crippen molar-refractivity contribution in [1.82, 2.24) is 15.3 Å². The number of hydrogen-bond acceptors (Lipinski definition) is 6. The Balaban J connectivity index is 1.76. The Labute approximate surface area is 200 Å². The third kappa shape index (κ3) is 4.82. The lowest BCUT2D eigenvalue weighted by atomic mass is 10.1. The molecule has 1 heterocycles. The van der Waals surface area contributed by atoms with Gasteiger partial charge in [-0.1, -0.05) is 41.4 Å². The molecule has 0 saturated heterocycles. The van der Waals surface area contributed by atoms with E-state index in [1.54, 1.807) is 12.1 Å². The van der Waals surface area contributed by atoms with Crippen LogP contribution in [0.25, 0.3) is 10.9 Å². The first-order valence-corrected chi connectivity index (χ1v) is 10.4. The van der Waals surface area contributed by atoms with Gasteiger partial charge in [0.2, 0.25) is 5.95 Å². The van der Waals surface area contributed by atoms with Crippen LogP contribution >= 0.6 is 23.2 Å². The Morgan fingerprint density at radius 1 is 1.12 bits per heavy atom. The topological polar surface area (TPSA) is 130 Å². The van der Waals surface area contributed by atoms with E-state index >= 15 is 0 Å². The highest BCUT2D eigenvalue weighted by atomic mass is 35.5. The van der Waals surface area contributed by atoms with Crippen molar-refractivity contribution in [3.8, 4) is 0 Å². The fourth-order valence-electron chi connectivity index (χ4n) is 3.19. The molecule has 4 rings (SSSR count). The number of nitro benzene ring substituents is 1. The zero-order valence-corrected chi connectivity index (χ0v) is 18.6. The molecule has 0 radical (unpaired) electrons. The van der Waals surface area contributed by atoms with Crippen LogP contribution in [0.1, 0.15) is 15.9 Å². The molecule has 0 atom stereocenters. The first-order chi connectivity index (χ1) is 16.2. The highest BCUT2D eigenvalue weighted by Crippen LogP contribution is 2.27. The van der Waals surface area contributed by atoms with Crippen LogP contribution in [0.4, 0.5) is 21.7 Å². The number of fused-ring (bicyclic) bond motifs is 1. The summed E-state index contributed by atoms with van der Waals surface area (Å²) in [7, 11) is 0. The van der Waals surface area contributed by atoms with E-state index in [0.29, 0.717) is 10.7 Å². The largest absolute Gasteiger partial charge is 0.348 e. The normalized spacial score (nSPS) is 10.8. The minimum Gasteiger partial charge on any atom is -0.348 e. The van der Waals surface area contributed by atoms with E-state index in [1.165, 1.54) is 30.3 Å². The molecule has 0 bridgehead atoms. The van der Waals surface area contributed by atoms with Crippen LogP contribution in [0, 0.1) is 15.9 Å². The molecular weight excluding hydrogens is 488 g/mol. The summed E-state index contributed by atoms with van der Waals surface area (Å²) in [5, 5.41) is 17.2. The van der Waals surface area contributed by atoms with E-state index < -0.39 is 27.9 Å². The van der Waals surface area contributed by atoms with Gasteiger partial charge in [-0.05, 0) is 24.3 Å². The lowest BCUT2D eigenvalue weighted by molar-refractivity contribution is -0.384. The predicted octanol–water partition coefficient (Wildman–Crippen LogP) is 4.95. The number of hydrogen-bond donors (Lipinski definition) is 3. The Bertz CT molecular complexity index is 1510. The zero-order chi connectivity index (χ0) is 24.4. The van der Waals surface area contributed by atoms with Gasteiger partial charge in [-0.15, -0.1) is 0 Å². The number of amides is 1. The highest BCUT2D eigenvalue weighted by molar-refractivity contribution is 6.42. The van der Waals surface area contributed by atoms with Crippen LogP contribution in [0.5, 0.6) is 0 Å². The average molecular weight is 502 g/mol. The molecule has 0 saturated carbocycles. The fraction of sp³-hybridized carbons (Fsp3) is 0.0455. The van der Waals surface area contributed by atoms with Crippen LogP contribution in [-0.4, -0.2) is 20.8 Å². The van der Waals surface area contributed by atoms with Gasteiger partial charge in [0.1, 0.15) is 5.82 Å². The van der Waals surface area contributed by atoms with Gasteiger partial charge in [-0.2, -0.15) is 0 Å². The number of halogens is 3. The summed E-state index contributed by atoms with van der Waals surface area (Å²) in [4.78, 5) is 43.0. The number of H-pyrrole nitrogens is 1. The predicted molar refractivity (Wildman–Crippen MR) is 126 cm³/mol. The third-order valence-electron chi connectivity index (χ3n) is 4.83. The molecule has 4 aromatic rings. The minimum atomic E-state index is -0.768. The second kappa shape index (κ2) is 9.46. The summed E-state index contributed by atoms with van der Waals surface area (Å²) in [6, 6.07) is 12.5. The molecule has 0 aliphatic rings. The molecule has 3 aromatic carbocycles. The summed E-state index contributed by atoms with van der Waals surface area (Å²) in [5.41, 5.74) is -0.810. The molecular formula is C22H14Cl2FN5O4. The van der Waals surface area contributed by atoms with Crippen LogP contribution < -0.4 is 16.2 Å². The molecule has 3 N–H and O–H groups in total. The molecule has 1 aromatic heterocycles. The molecule has 0 spiro atoms. The number of carbonyl (C=O) groups is 1. The van der Waals surface area contributed by atoms with Gasteiger partial charge in [-0.25, -0.2) is 9.37 Å². The molecule has 0 unspecified atom stereocenters. The van der Waals surface area contributed by atoms with Crippen molar-refractivity contribution in [2.75, 3.05) is 5.32 Å². The molecule has 12 heteroatoms. The number of carbonyl (C=O) groups excluding carboxylic acids is 1. The maximum Gasteiger partial charge on any atom is 0.271 e. The lowest BCUT2D eigenvalue weighted by Gasteiger charge is -2.11. The Morgan fingerprint density at radius 2 is 1.88 bits per heavy atom. The molecule has 1 amide bonds. The smallest absolute Gasteiger partial charge is 0.271 e. The summed E-state index contributed by atoms with van der Waals surface area (Å²) in [5.74, 6) is -1.32. The van der Waals surface area contributed by atoms with Crippen molar-refractivity contribution in [3.63, 3.8) is 0 Å². The first kappa shape index (κ1) is 23.1. The van der Waals surface area contributed by atoms with Crippen molar-refractivity contribution in [2.24, 2.45) is 0 Å². The maximum absolute atomic E-state index is 13.9. The van der Waals surface area contributed by atoms with Crippen molar-refractivity contribution < 1.29 is 14.1 Å². The van der Waals surface area contributed by atoms with Gasteiger partial charge in [0.25, 0.3) is 17.2 Å². The summed E-state index contributed by atoms with van der Waals surface area (Å²) < 4.78 is 13.9. The number of non-ortho nitro benzene ring substituents is 1. The van der Waals surface area contributed by atoms with Crippen molar-refractivity contribution >= 4 is 57.3 Å². The molecule has 172 valence electrons. The first-order valence-electron chi connectivity index (χ1n) is 9.69. The number of benzene rings is 3. The van der Waals surface area contributed by atoms with E-state index in [4.69, 9.17) is 23.2 Å². The van der Waals surface area contributed by atoms with Crippen molar-refractivity contribution in [1.29, 1.82) is 0 Å². The van der Waals surface area contributed by atoms with E-state index in [1.807, 2.05) is 0 Å². The van der Waals surface area contributed by atoms with E-state index in [9.17, 15) is 24.1 Å². The van der Waals surface area contributed by atoms with Gasteiger partial charge >= 0.3 is 0 Å². The second-order valence-electron chi connectivity index (χ2n) is 7.09. The minimum absolute atomic E-state index is 0.0344. The Morgan fingerprint density at radius 3 is 2.59 bits per heavy atom. The van der Waals surface area contributed by atoms with Crippen LogP contribution in [0.2, 0.25) is 10.0 Å². The van der Waals surface area contributed by atoms with Crippen molar-refractivity contribution in [2.45, 2.75) is 6.54 Å². The number of aromatic nitrogens is 2. The fourth-order valence-corrected chi connectivity index (χ4v) is 3.49. The maximum atomic E-state index is 13.9. The van der Waals surface area contributed by atoms with Gasteiger partial charge in [-0.3, -0.25) is 24.7 Å². The van der Waals surface area contributed by atoms with Gasteiger partial charge in [0.15, 0.2) is 0 Å². The lowest BCUT2D eigenvalue weighted by Crippen LogP contribution is -2.25. The molecule has 34 heavy (non-hydrogen) atoms. The quantitative estimate of drug-likeness (QED) is 0.253. The molecule has 9 nitrogen and oxygen atoms in total. The summed E-state index contributed by atoms with van der Waals surface area (Å²) in [6.07, 6.45) is 0. The second-order valence-corrected chi connectivity index (χ2v) is 7.90. The summed E-state index contributed by atoms with van der Waals surface area (Å²) >= 11 is 11.9. The number of nitrogens with one attached hydrogen (secondary N) is 3. The van der Waals surface area contributed by atoms with Crippen LogP contribution in [0.3, 0.4) is 0 Å². The van der Waals surface area contributed by atoms with E-state index in [-0.39, 0.29) is 39.5 Å². The van der Waals surface area contributed by atoms with E-state index in [2.05, 4.69) is 20.6 Å². The Kier molecular flexibility index (Phi) is 6.44. The van der Waals surface area contributed by atoms with Gasteiger partial charge in [0, 0.05) is 29.9 Å². The average Bonchev–Trinajstić information content (AvgIpc) is 2.80. The zero-order valence-electron chi connectivity index (χ0n) is 17.1. The standard InChI is InChI=1S/C22H14Cl2FN5O4/c23-16-6-5-12(7-17(16)24)27-22-28-19-14(8-13(30(33)34)9-15(19)21(32)29-22)20(31)26-10-11-3-1-2-4-18(11)25/h1-9H,10H2,(H,26,31)(H2,27,28,29,32). The monoisotopic (exact) mass is 501 g/mol. The van der Waals surface area contributed by atoms with E-state index in [0.717, 1.165) is 12.1 Å². The molecule has 0 aliphatic heterocycles.